The Balaban J connectivity index is 2.31. The maximum atomic E-state index is 5.07. The molecule has 1 heterocycles. The smallest absolute Gasteiger partial charge is 0.0575 e. The van der Waals surface area contributed by atoms with Crippen molar-refractivity contribution in [2.24, 2.45) is 0 Å². The minimum Gasteiger partial charge on any atom is -0.302 e. The van der Waals surface area contributed by atoms with Crippen molar-refractivity contribution in [3.8, 4) is 0 Å². The van der Waals surface area contributed by atoms with Gasteiger partial charge >= 0.3 is 0 Å². The Morgan fingerprint density at radius 1 is 1.50 bits per heavy atom. The van der Waals surface area contributed by atoms with Crippen molar-refractivity contribution in [3.05, 3.63) is 18.6 Å². The van der Waals surface area contributed by atoms with Gasteiger partial charge in [0, 0.05) is 13.1 Å². The molecule has 57 valence electrons. The molecule has 1 saturated heterocycles. The lowest BCUT2D eigenvalue weighted by Crippen LogP contribution is -2.29. The lowest BCUT2D eigenvalue weighted by molar-refractivity contribution is -0.135. The third-order valence-electron chi connectivity index (χ3n) is 1.91. The summed E-state index contributed by atoms with van der Waals surface area (Å²) in [6.07, 6.45) is 4.18. The average molecular weight is 140 g/mol. The van der Waals surface area contributed by atoms with Crippen LogP contribution in [0.5, 0.6) is 0 Å². The van der Waals surface area contributed by atoms with Gasteiger partial charge in [0.05, 0.1) is 7.11 Å². The number of hydrogen-bond donors (Lipinski definition) is 0. The molecule has 10 heavy (non-hydrogen) atoms. The van der Waals surface area contributed by atoms with Gasteiger partial charge in [0.2, 0.25) is 0 Å². The fourth-order valence-corrected chi connectivity index (χ4v) is 1.16. The molecule has 1 radical (unpaired) electrons. The van der Waals surface area contributed by atoms with Crippen molar-refractivity contribution in [2.45, 2.75) is 12.8 Å². The molecule has 0 unspecified atom stereocenters. The van der Waals surface area contributed by atoms with E-state index in [0.29, 0.717) is 0 Å². The Labute approximate surface area is 62.4 Å². The molecule has 1 fully saturated rings. The van der Waals surface area contributed by atoms with Crippen molar-refractivity contribution in [1.82, 2.24) is 5.06 Å². The van der Waals surface area contributed by atoms with E-state index in [0.717, 1.165) is 25.9 Å². The average Bonchev–Trinajstić information content (AvgIpc) is 2.05. The van der Waals surface area contributed by atoms with Crippen molar-refractivity contribution in [3.63, 3.8) is 0 Å². The quantitative estimate of drug-likeness (QED) is 0.546. The van der Waals surface area contributed by atoms with E-state index in [4.69, 9.17) is 4.84 Å². The first-order valence-corrected chi connectivity index (χ1v) is 3.63. The van der Waals surface area contributed by atoms with Gasteiger partial charge < -0.3 is 4.84 Å². The van der Waals surface area contributed by atoms with Gasteiger partial charge in [-0.2, -0.15) is 5.06 Å². The predicted molar refractivity (Wildman–Crippen MR) is 41.3 cm³/mol. The second-order valence-electron chi connectivity index (χ2n) is 2.47. The summed E-state index contributed by atoms with van der Waals surface area (Å²) < 4.78 is 0. The Morgan fingerprint density at radius 2 is 2.10 bits per heavy atom. The molecule has 0 N–H and O–H groups in total. The molecule has 2 heteroatoms. The predicted octanol–water partition coefficient (Wildman–Crippen LogP) is 1.40. The highest BCUT2D eigenvalue weighted by molar-refractivity contribution is 5.06. The number of hydrogen-bond acceptors (Lipinski definition) is 2. The van der Waals surface area contributed by atoms with Crippen molar-refractivity contribution < 1.29 is 4.84 Å². The largest absolute Gasteiger partial charge is 0.302 e. The standard InChI is InChI=1S/C8H14NO/c1-3-8-4-6-9(10-2)7-5-8/h3H,1,4-7H2,2H3. The second kappa shape index (κ2) is 3.74. The molecule has 0 aromatic carbocycles. The Bertz CT molecular complexity index is 121. The first kappa shape index (κ1) is 7.76. The van der Waals surface area contributed by atoms with E-state index >= 15 is 0 Å². The molecule has 2 nitrogen and oxygen atoms in total. The maximum Gasteiger partial charge on any atom is 0.0575 e. The van der Waals surface area contributed by atoms with E-state index in [2.05, 4.69) is 6.92 Å². The van der Waals surface area contributed by atoms with Gasteiger partial charge in [-0.1, -0.05) is 11.6 Å². The molecule has 0 aliphatic carbocycles. The van der Waals surface area contributed by atoms with E-state index in [-0.39, 0.29) is 0 Å². The highest BCUT2D eigenvalue weighted by Gasteiger charge is 2.11. The first-order chi connectivity index (χ1) is 4.86. The summed E-state index contributed by atoms with van der Waals surface area (Å²) in [5.41, 5.74) is 1.45. The second-order valence-corrected chi connectivity index (χ2v) is 2.47. The van der Waals surface area contributed by atoms with Crippen molar-refractivity contribution in [1.29, 1.82) is 0 Å². The van der Waals surface area contributed by atoms with E-state index in [1.807, 2.05) is 11.1 Å². The number of hydroxylamine groups is 2. The van der Waals surface area contributed by atoms with Gasteiger partial charge in [-0.3, -0.25) is 0 Å². The minimum absolute atomic E-state index is 1.01. The van der Waals surface area contributed by atoms with Gasteiger partial charge in [0.25, 0.3) is 0 Å². The number of allylic oxidation sites excluding steroid dienone is 1. The molecule has 0 aromatic rings. The highest BCUT2D eigenvalue weighted by atomic mass is 16.7. The SMILES string of the molecule is [CH2]C=C1CCN(OC)CC1. The summed E-state index contributed by atoms with van der Waals surface area (Å²) in [5.74, 6) is 0. The molecule has 0 spiro atoms. The third kappa shape index (κ3) is 1.82. The Kier molecular flexibility index (Phi) is 2.90. The molecular weight excluding hydrogens is 126 g/mol. The van der Waals surface area contributed by atoms with Crippen LogP contribution in [0.1, 0.15) is 12.8 Å². The lowest BCUT2D eigenvalue weighted by Gasteiger charge is -2.25. The van der Waals surface area contributed by atoms with Gasteiger partial charge in [0.1, 0.15) is 0 Å². The fraction of sp³-hybridized carbons (Fsp3) is 0.625. The lowest BCUT2D eigenvalue weighted by atomic mass is 10.1. The molecular formula is C8H14NO. The molecule has 1 aliphatic rings. The Morgan fingerprint density at radius 3 is 2.50 bits per heavy atom. The first-order valence-electron chi connectivity index (χ1n) is 3.63. The van der Waals surface area contributed by atoms with E-state index in [9.17, 15) is 0 Å². The minimum atomic E-state index is 1.01. The molecule has 0 saturated carbocycles. The topological polar surface area (TPSA) is 12.5 Å². The zero-order valence-electron chi connectivity index (χ0n) is 6.47. The normalized spacial score (nSPS) is 21.2. The van der Waals surface area contributed by atoms with Crippen LogP contribution in [0.25, 0.3) is 0 Å². The van der Waals surface area contributed by atoms with Gasteiger partial charge in [-0.15, -0.1) is 0 Å². The zero-order valence-corrected chi connectivity index (χ0v) is 6.47. The van der Waals surface area contributed by atoms with Crippen LogP contribution < -0.4 is 0 Å². The van der Waals surface area contributed by atoms with E-state index in [1.165, 1.54) is 5.57 Å². The van der Waals surface area contributed by atoms with E-state index < -0.39 is 0 Å². The van der Waals surface area contributed by atoms with Gasteiger partial charge in [0.15, 0.2) is 0 Å². The van der Waals surface area contributed by atoms with Crippen LogP contribution in [-0.2, 0) is 4.84 Å². The van der Waals surface area contributed by atoms with Crippen LogP contribution >= 0.6 is 0 Å². The molecule has 0 atom stereocenters. The van der Waals surface area contributed by atoms with Gasteiger partial charge in [-0.25, -0.2) is 0 Å². The van der Waals surface area contributed by atoms with Crippen LogP contribution in [0, 0.1) is 6.92 Å². The number of rotatable bonds is 1. The molecule has 1 aliphatic heterocycles. The van der Waals surface area contributed by atoms with Crippen LogP contribution in [0.4, 0.5) is 0 Å². The van der Waals surface area contributed by atoms with Crippen LogP contribution in [0.3, 0.4) is 0 Å². The monoisotopic (exact) mass is 140 g/mol. The zero-order chi connectivity index (χ0) is 7.40. The summed E-state index contributed by atoms with van der Waals surface area (Å²) in [4.78, 5) is 5.07. The van der Waals surface area contributed by atoms with E-state index in [1.54, 1.807) is 7.11 Å². The van der Waals surface area contributed by atoms with Crippen LogP contribution in [0.15, 0.2) is 11.6 Å². The molecule has 0 aromatic heterocycles. The number of piperidine rings is 1. The Hall–Kier alpha value is -0.340. The summed E-state index contributed by atoms with van der Waals surface area (Å²) in [6.45, 7) is 5.76. The van der Waals surface area contributed by atoms with Crippen LogP contribution in [-0.4, -0.2) is 25.3 Å². The third-order valence-corrected chi connectivity index (χ3v) is 1.91. The number of nitrogens with zero attached hydrogens (tertiary/aromatic N) is 1. The molecule has 1 rings (SSSR count). The fourth-order valence-electron chi connectivity index (χ4n) is 1.16. The van der Waals surface area contributed by atoms with Crippen molar-refractivity contribution >= 4 is 0 Å². The molecule has 0 bridgehead atoms. The summed E-state index contributed by atoms with van der Waals surface area (Å²) in [5, 5.41) is 1.98. The summed E-state index contributed by atoms with van der Waals surface area (Å²) >= 11 is 0. The summed E-state index contributed by atoms with van der Waals surface area (Å²) in [6, 6.07) is 0. The molecule has 0 amide bonds. The highest BCUT2D eigenvalue weighted by Crippen LogP contribution is 2.14. The maximum absolute atomic E-state index is 5.07. The van der Waals surface area contributed by atoms with Crippen molar-refractivity contribution in [2.75, 3.05) is 20.2 Å². The van der Waals surface area contributed by atoms with Crippen LogP contribution in [0.2, 0.25) is 0 Å². The summed E-state index contributed by atoms with van der Waals surface area (Å²) in [7, 11) is 1.72. The van der Waals surface area contributed by atoms with Gasteiger partial charge in [-0.05, 0) is 19.8 Å².